The van der Waals surface area contributed by atoms with E-state index in [1.54, 1.807) is 14.2 Å². The number of hydrogen-bond donors (Lipinski definition) is 1. The van der Waals surface area contributed by atoms with Crippen LogP contribution in [0.3, 0.4) is 0 Å². The van der Waals surface area contributed by atoms with Crippen molar-refractivity contribution < 1.29 is 9.47 Å². The molecule has 0 atom stereocenters. The van der Waals surface area contributed by atoms with Gasteiger partial charge in [-0.1, -0.05) is 22.4 Å². The maximum Gasteiger partial charge on any atom is 0.119 e. The average molecular weight is 342 g/mol. The second kappa shape index (κ2) is 7.43. The van der Waals surface area contributed by atoms with E-state index in [0.717, 1.165) is 31.9 Å². The quantitative estimate of drug-likeness (QED) is 0.735. The highest BCUT2D eigenvalue weighted by Crippen LogP contribution is 2.44. The van der Waals surface area contributed by atoms with Gasteiger partial charge >= 0.3 is 0 Å². The van der Waals surface area contributed by atoms with Crippen LogP contribution in [0.2, 0.25) is 0 Å². The van der Waals surface area contributed by atoms with Crippen molar-refractivity contribution in [3.8, 4) is 5.75 Å². The van der Waals surface area contributed by atoms with Crippen molar-refractivity contribution in [2.24, 2.45) is 5.41 Å². The van der Waals surface area contributed by atoms with Crippen molar-refractivity contribution in [2.45, 2.75) is 25.7 Å². The van der Waals surface area contributed by atoms with Crippen LogP contribution in [0.15, 0.2) is 22.7 Å². The Kier molecular flexibility index (Phi) is 5.87. The number of benzene rings is 1. The molecular weight excluding hydrogens is 318 g/mol. The van der Waals surface area contributed by atoms with Crippen LogP contribution >= 0.6 is 15.9 Å². The molecule has 1 aromatic rings. The predicted molar refractivity (Wildman–Crippen MR) is 85.4 cm³/mol. The van der Waals surface area contributed by atoms with E-state index in [4.69, 9.17) is 9.47 Å². The van der Waals surface area contributed by atoms with Crippen LogP contribution in [0.5, 0.6) is 5.75 Å². The number of nitrogens with one attached hydrogen (secondary N) is 1. The van der Waals surface area contributed by atoms with E-state index in [-0.39, 0.29) is 0 Å². The summed E-state index contributed by atoms with van der Waals surface area (Å²) in [6.45, 7) is 2.77. The monoisotopic (exact) mass is 341 g/mol. The number of hydrogen-bond acceptors (Lipinski definition) is 3. The Morgan fingerprint density at radius 2 is 2.10 bits per heavy atom. The highest BCUT2D eigenvalue weighted by Gasteiger charge is 2.36. The first kappa shape index (κ1) is 15.8. The van der Waals surface area contributed by atoms with Crippen LogP contribution in [0.4, 0.5) is 0 Å². The van der Waals surface area contributed by atoms with E-state index in [9.17, 15) is 0 Å². The Morgan fingerprint density at radius 1 is 1.30 bits per heavy atom. The number of halogens is 1. The van der Waals surface area contributed by atoms with Crippen molar-refractivity contribution in [3.63, 3.8) is 0 Å². The molecule has 112 valence electrons. The topological polar surface area (TPSA) is 30.5 Å². The average Bonchev–Trinajstić information content (AvgIpc) is 2.42. The van der Waals surface area contributed by atoms with Gasteiger partial charge in [0, 0.05) is 24.7 Å². The van der Waals surface area contributed by atoms with Crippen LogP contribution in [0.1, 0.15) is 24.8 Å². The fraction of sp³-hybridized carbons (Fsp3) is 0.625. The Bertz CT molecular complexity index is 432. The van der Waals surface area contributed by atoms with Gasteiger partial charge in [-0.15, -0.1) is 0 Å². The molecule has 1 aliphatic carbocycles. The minimum absolute atomic E-state index is 0.405. The molecule has 0 radical (unpaired) electrons. The molecule has 0 spiro atoms. The molecular formula is C16H24BrNO2. The molecule has 1 aliphatic rings. The Labute approximate surface area is 130 Å². The fourth-order valence-corrected chi connectivity index (χ4v) is 3.22. The molecule has 1 N–H and O–H groups in total. The lowest BCUT2D eigenvalue weighted by Crippen LogP contribution is -2.42. The Morgan fingerprint density at radius 3 is 2.70 bits per heavy atom. The van der Waals surface area contributed by atoms with Gasteiger partial charge in [0.05, 0.1) is 13.7 Å². The van der Waals surface area contributed by atoms with E-state index >= 15 is 0 Å². The third-order valence-corrected chi connectivity index (χ3v) is 4.99. The maximum absolute atomic E-state index is 5.34. The highest BCUT2D eigenvalue weighted by atomic mass is 79.9. The summed E-state index contributed by atoms with van der Waals surface area (Å²) in [5.74, 6) is 0.935. The summed E-state index contributed by atoms with van der Waals surface area (Å²) in [4.78, 5) is 0. The SMILES string of the molecule is COCCNCC1(Cc2cc(OC)ccc2Br)CCC1. The van der Waals surface area contributed by atoms with Gasteiger partial charge in [0.1, 0.15) is 5.75 Å². The Balaban J connectivity index is 1.98. The summed E-state index contributed by atoms with van der Waals surface area (Å²) >= 11 is 3.66. The third-order valence-electron chi connectivity index (χ3n) is 4.22. The molecule has 1 fully saturated rings. The van der Waals surface area contributed by atoms with E-state index < -0.39 is 0 Å². The van der Waals surface area contributed by atoms with E-state index in [1.165, 1.54) is 29.3 Å². The van der Waals surface area contributed by atoms with Gasteiger partial charge in [-0.2, -0.15) is 0 Å². The van der Waals surface area contributed by atoms with E-state index in [1.807, 2.05) is 6.07 Å². The van der Waals surface area contributed by atoms with Crippen LogP contribution in [-0.4, -0.2) is 33.9 Å². The maximum atomic E-state index is 5.34. The molecule has 20 heavy (non-hydrogen) atoms. The van der Waals surface area contributed by atoms with Crippen molar-refractivity contribution in [1.29, 1.82) is 0 Å². The minimum atomic E-state index is 0.405. The molecule has 0 aliphatic heterocycles. The van der Waals surface area contributed by atoms with Crippen LogP contribution in [0, 0.1) is 5.41 Å². The molecule has 1 aromatic carbocycles. The summed E-state index contributed by atoms with van der Waals surface area (Å²) in [7, 11) is 3.46. The third kappa shape index (κ3) is 3.96. The largest absolute Gasteiger partial charge is 0.497 e. The summed E-state index contributed by atoms with van der Waals surface area (Å²) in [6.07, 6.45) is 5.05. The summed E-state index contributed by atoms with van der Waals surface area (Å²) in [5.41, 5.74) is 1.75. The Hall–Kier alpha value is -0.580. The number of ether oxygens (including phenoxy) is 2. The van der Waals surface area contributed by atoms with Crippen molar-refractivity contribution in [3.05, 3.63) is 28.2 Å². The second-order valence-corrected chi connectivity index (χ2v) is 6.51. The van der Waals surface area contributed by atoms with E-state index in [2.05, 4.69) is 33.4 Å². The second-order valence-electron chi connectivity index (χ2n) is 5.66. The predicted octanol–water partition coefficient (Wildman–Crippen LogP) is 3.41. The van der Waals surface area contributed by atoms with Gasteiger partial charge in [-0.3, -0.25) is 0 Å². The van der Waals surface area contributed by atoms with Crippen LogP contribution in [0.25, 0.3) is 0 Å². The number of methoxy groups -OCH3 is 2. The lowest BCUT2D eigenvalue weighted by molar-refractivity contribution is 0.122. The molecule has 2 rings (SSSR count). The molecule has 3 nitrogen and oxygen atoms in total. The van der Waals surface area contributed by atoms with Gasteiger partial charge in [-0.25, -0.2) is 0 Å². The zero-order valence-corrected chi connectivity index (χ0v) is 14.0. The highest BCUT2D eigenvalue weighted by molar-refractivity contribution is 9.10. The van der Waals surface area contributed by atoms with Crippen molar-refractivity contribution in [2.75, 3.05) is 33.9 Å². The zero-order chi connectivity index (χ0) is 14.4. The van der Waals surface area contributed by atoms with Gasteiger partial charge in [0.2, 0.25) is 0 Å². The van der Waals surface area contributed by atoms with Crippen molar-refractivity contribution >= 4 is 15.9 Å². The molecule has 4 heteroatoms. The van der Waals surface area contributed by atoms with Crippen LogP contribution < -0.4 is 10.1 Å². The smallest absolute Gasteiger partial charge is 0.119 e. The summed E-state index contributed by atoms with van der Waals surface area (Å²) in [6, 6.07) is 6.23. The zero-order valence-electron chi connectivity index (χ0n) is 12.4. The first-order valence-corrected chi connectivity index (χ1v) is 8.00. The van der Waals surface area contributed by atoms with E-state index in [0.29, 0.717) is 5.41 Å². The van der Waals surface area contributed by atoms with Gasteiger partial charge in [0.15, 0.2) is 0 Å². The van der Waals surface area contributed by atoms with Gasteiger partial charge < -0.3 is 14.8 Å². The molecule has 0 heterocycles. The summed E-state index contributed by atoms with van der Waals surface area (Å²) in [5, 5.41) is 3.53. The first-order chi connectivity index (χ1) is 9.69. The fourth-order valence-electron chi connectivity index (χ4n) is 2.84. The first-order valence-electron chi connectivity index (χ1n) is 7.21. The van der Waals surface area contributed by atoms with Crippen LogP contribution in [-0.2, 0) is 11.2 Å². The molecule has 0 saturated heterocycles. The molecule has 0 bridgehead atoms. The molecule has 0 amide bonds. The molecule has 1 saturated carbocycles. The van der Waals surface area contributed by atoms with Gasteiger partial charge in [0.25, 0.3) is 0 Å². The van der Waals surface area contributed by atoms with Gasteiger partial charge in [-0.05, 0) is 48.4 Å². The van der Waals surface area contributed by atoms with Crippen molar-refractivity contribution in [1.82, 2.24) is 5.32 Å². The summed E-state index contributed by atoms with van der Waals surface area (Å²) < 4.78 is 11.6. The lowest BCUT2D eigenvalue weighted by atomic mass is 9.65. The molecule has 0 aromatic heterocycles. The molecule has 0 unspecified atom stereocenters. The minimum Gasteiger partial charge on any atom is -0.497 e. The number of rotatable bonds is 8. The normalized spacial score (nSPS) is 16.8. The lowest BCUT2D eigenvalue weighted by Gasteiger charge is -2.42. The standard InChI is InChI=1S/C16H24BrNO2/c1-19-9-8-18-12-16(6-3-7-16)11-13-10-14(20-2)4-5-15(13)17/h4-5,10,18H,3,6-9,11-12H2,1-2H3.